The first kappa shape index (κ1) is 13.1. The highest BCUT2D eigenvalue weighted by Gasteiger charge is 2.14. The lowest BCUT2D eigenvalue weighted by atomic mass is 9.96. The molecule has 0 spiro atoms. The van der Waals surface area contributed by atoms with Crippen LogP contribution in [0.5, 0.6) is 23.0 Å². The van der Waals surface area contributed by atoms with Gasteiger partial charge >= 0.3 is 0 Å². The maximum atomic E-state index is 10.1. The molecule has 0 aliphatic heterocycles. The second-order valence-corrected chi connectivity index (χ2v) is 4.94. The molecule has 0 unspecified atom stereocenters. The Morgan fingerprint density at radius 1 is 0.714 bits per heavy atom. The van der Waals surface area contributed by atoms with Crippen LogP contribution in [0.25, 0.3) is 10.8 Å². The summed E-state index contributed by atoms with van der Waals surface area (Å²) in [7, 11) is 0. The highest BCUT2D eigenvalue weighted by atomic mass is 16.3. The van der Waals surface area contributed by atoms with Crippen molar-refractivity contribution in [1.82, 2.24) is 0 Å². The lowest BCUT2D eigenvalue weighted by Crippen LogP contribution is -1.91. The van der Waals surface area contributed by atoms with Crippen molar-refractivity contribution in [2.45, 2.75) is 6.42 Å². The first-order valence-electron chi connectivity index (χ1n) is 6.49. The number of phenols is 4. The maximum absolute atomic E-state index is 10.1. The molecule has 0 aliphatic rings. The van der Waals surface area contributed by atoms with Gasteiger partial charge in [0.05, 0.1) is 5.39 Å². The van der Waals surface area contributed by atoms with Gasteiger partial charge in [0.2, 0.25) is 0 Å². The van der Waals surface area contributed by atoms with E-state index < -0.39 is 0 Å². The minimum absolute atomic E-state index is 0.0290. The minimum Gasteiger partial charge on any atom is -0.508 e. The topological polar surface area (TPSA) is 80.9 Å². The zero-order valence-electron chi connectivity index (χ0n) is 11.1. The third-order valence-corrected chi connectivity index (χ3v) is 3.52. The monoisotopic (exact) mass is 282 g/mol. The summed E-state index contributed by atoms with van der Waals surface area (Å²) in [5.74, 6) is -0.0399. The third-order valence-electron chi connectivity index (χ3n) is 3.52. The molecule has 3 aromatic carbocycles. The molecule has 4 heteroatoms. The van der Waals surface area contributed by atoms with Crippen molar-refractivity contribution in [3.63, 3.8) is 0 Å². The van der Waals surface area contributed by atoms with Gasteiger partial charge in [0.25, 0.3) is 0 Å². The minimum atomic E-state index is -0.157. The Bertz CT molecular complexity index is 807. The van der Waals surface area contributed by atoms with Crippen molar-refractivity contribution in [2.24, 2.45) is 0 Å². The lowest BCUT2D eigenvalue weighted by molar-refractivity contribution is 0.446. The number of hydrogen-bond acceptors (Lipinski definition) is 4. The number of aromatic hydroxyl groups is 4. The van der Waals surface area contributed by atoms with Crippen molar-refractivity contribution in [3.8, 4) is 23.0 Å². The van der Waals surface area contributed by atoms with Crippen LogP contribution in [0.4, 0.5) is 0 Å². The smallest absolute Gasteiger partial charge is 0.130 e. The zero-order valence-corrected chi connectivity index (χ0v) is 11.1. The predicted molar refractivity (Wildman–Crippen MR) is 79.9 cm³/mol. The predicted octanol–water partition coefficient (Wildman–Crippen LogP) is 3.25. The van der Waals surface area contributed by atoms with Crippen LogP contribution in [-0.2, 0) is 6.42 Å². The molecule has 106 valence electrons. The molecule has 0 saturated carbocycles. The van der Waals surface area contributed by atoms with Crippen LogP contribution >= 0.6 is 0 Å². The van der Waals surface area contributed by atoms with Gasteiger partial charge in [-0.3, -0.25) is 0 Å². The molecule has 0 fully saturated rings. The number of benzene rings is 3. The van der Waals surface area contributed by atoms with Crippen LogP contribution in [-0.4, -0.2) is 20.4 Å². The van der Waals surface area contributed by atoms with Crippen molar-refractivity contribution in [1.29, 1.82) is 0 Å². The van der Waals surface area contributed by atoms with E-state index in [1.54, 1.807) is 36.4 Å². The number of phenolic OH excluding ortho intramolecular Hbond substituents is 4. The molecule has 4 N–H and O–H groups in total. The molecule has 0 heterocycles. The molecule has 3 rings (SSSR count). The quantitative estimate of drug-likeness (QED) is 0.581. The van der Waals surface area contributed by atoms with Crippen LogP contribution < -0.4 is 0 Å². The summed E-state index contributed by atoms with van der Waals surface area (Å²) in [6, 6.07) is 12.8. The van der Waals surface area contributed by atoms with Crippen LogP contribution in [0.2, 0.25) is 0 Å². The number of rotatable bonds is 2. The van der Waals surface area contributed by atoms with Gasteiger partial charge in [-0.15, -0.1) is 0 Å². The average Bonchev–Trinajstić information content (AvgIpc) is 2.45. The fourth-order valence-electron chi connectivity index (χ4n) is 2.49. The van der Waals surface area contributed by atoms with E-state index in [2.05, 4.69) is 0 Å². The highest BCUT2D eigenvalue weighted by Crippen LogP contribution is 2.40. The van der Waals surface area contributed by atoms with E-state index >= 15 is 0 Å². The third kappa shape index (κ3) is 2.31. The Labute approximate surface area is 121 Å². The van der Waals surface area contributed by atoms with Gasteiger partial charge in [-0.1, -0.05) is 24.3 Å². The van der Waals surface area contributed by atoms with Gasteiger partial charge in [0, 0.05) is 18.1 Å². The summed E-state index contributed by atoms with van der Waals surface area (Å²) in [6.07, 6.45) is 0.423. The Morgan fingerprint density at radius 2 is 1.43 bits per heavy atom. The largest absolute Gasteiger partial charge is 0.508 e. The van der Waals surface area contributed by atoms with Gasteiger partial charge in [-0.05, 0) is 29.1 Å². The molecular formula is C17H14O4. The molecule has 0 amide bonds. The number of hydrogen-bond donors (Lipinski definition) is 4. The summed E-state index contributed by atoms with van der Waals surface area (Å²) in [6.45, 7) is 0. The number of fused-ring (bicyclic) bond motifs is 1. The second-order valence-electron chi connectivity index (χ2n) is 4.94. The van der Waals surface area contributed by atoms with E-state index in [4.69, 9.17) is 0 Å². The Morgan fingerprint density at radius 3 is 2.14 bits per heavy atom. The molecule has 0 atom stereocenters. The normalized spacial score (nSPS) is 10.9. The van der Waals surface area contributed by atoms with Crippen molar-refractivity contribution >= 4 is 10.8 Å². The van der Waals surface area contributed by atoms with Crippen LogP contribution in [0.1, 0.15) is 11.1 Å². The van der Waals surface area contributed by atoms with E-state index in [1.165, 1.54) is 12.1 Å². The summed E-state index contributed by atoms with van der Waals surface area (Å²) in [4.78, 5) is 0. The van der Waals surface area contributed by atoms with Gasteiger partial charge in [0.15, 0.2) is 0 Å². The summed E-state index contributed by atoms with van der Waals surface area (Å²) >= 11 is 0. The maximum Gasteiger partial charge on any atom is 0.130 e. The van der Waals surface area contributed by atoms with E-state index in [1.807, 2.05) is 0 Å². The van der Waals surface area contributed by atoms with Crippen molar-refractivity contribution in [3.05, 3.63) is 59.7 Å². The molecule has 4 nitrogen and oxygen atoms in total. The highest BCUT2D eigenvalue weighted by molar-refractivity contribution is 5.97. The van der Waals surface area contributed by atoms with Gasteiger partial charge < -0.3 is 20.4 Å². The van der Waals surface area contributed by atoms with Gasteiger partial charge in [0.1, 0.15) is 23.0 Å². The fraction of sp³-hybridized carbons (Fsp3) is 0.0588. The summed E-state index contributed by atoms with van der Waals surface area (Å²) < 4.78 is 0. The molecule has 21 heavy (non-hydrogen) atoms. The summed E-state index contributed by atoms with van der Waals surface area (Å²) in [5, 5.41) is 40.1. The van der Waals surface area contributed by atoms with Crippen molar-refractivity contribution in [2.75, 3.05) is 0 Å². The van der Waals surface area contributed by atoms with Crippen molar-refractivity contribution < 1.29 is 20.4 Å². The molecule has 0 bridgehead atoms. The van der Waals surface area contributed by atoms with Gasteiger partial charge in [-0.25, -0.2) is 0 Å². The van der Waals surface area contributed by atoms with Crippen LogP contribution in [0.3, 0.4) is 0 Å². The molecular weight excluding hydrogens is 268 g/mol. The first-order valence-corrected chi connectivity index (χ1v) is 6.49. The SMILES string of the molecule is Oc1ccc(Cc2c(O)cc(O)c3c(O)cccc23)cc1. The Balaban J connectivity index is 2.18. The van der Waals surface area contributed by atoms with E-state index in [0.29, 0.717) is 22.8 Å². The lowest BCUT2D eigenvalue weighted by Gasteiger charge is -2.12. The van der Waals surface area contributed by atoms with Gasteiger partial charge in [-0.2, -0.15) is 0 Å². The zero-order chi connectivity index (χ0) is 15.0. The Kier molecular flexibility index (Phi) is 3.06. The van der Waals surface area contributed by atoms with Crippen LogP contribution in [0, 0.1) is 0 Å². The van der Waals surface area contributed by atoms with E-state index in [-0.39, 0.29) is 23.0 Å². The molecule has 0 radical (unpaired) electrons. The van der Waals surface area contributed by atoms with E-state index in [0.717, 1.165) is 5.56 Å². The standard InChI is InChI=1S/C17H14O4/c18-11-6-4-10(5-7-11)8-13-12-2-1-3-14(19)17(12)16(21)9-15(13)20/h1-7,9,18-21H,8H2. The first-order chi connectivity index (χ1) is 10.1. The van der Waals surface area contributed by atoms with E-state index in [9.17, 15) is 20.4 Å². The van der Waals surface area contributed by atoms with Crippen LogP contribution in [0.15, 0.2) is 48.5 Å². The Hall–Kier alpha value is -2.88. The molecule has 0 saturated heterocycles. The molecule has 3 aromatic rings. The summed E-state index contributed by atoms with van der Waals surface area (Å²) in [5.41, 5.74) is 1.52. The average molecular weight is 282 g/mol. The molecule has 0 aromatic heterocycles. The fourth-order valence-corrected chi connectivity index (χ4v) is 2.49. The molecule has 0 aliphatic carbocycles. The second kappa shape index (κ2) is 4.90.